The number of nitro groups is 1. The highest BCUT2D eigenvalue weighted by Gasteiger charge is 2.46. The Bertz CT molecular complexity index is 871. The van der Waals surface area contributed by atoms with Crippen LogP contribution in [0.1, 0.15) is 35.4 Å². The molecule has 0 atom stereocenters. The fraction of sp³-hybridized carbons (Fsp3) is 0.333. The van der Waals surface area contributed by atoms with Gasteiger partial charge in [-0.3, -0.25) is 14.9 Å². The highest BCUT2D eigenvalue weighted by molar-refractivity contribution is 5.97. The molecule has 1 heterocycles. The van der Waals surface area contributed by atoms with Crippen LogP contribution in [0.15, 0.2) is 24.3 Å². The van der Waals surface area contributed by atoms with Crippen molar-refractivity contribution < 1.29 is 19.6 Å². The number of nitro benzene ring substituents is 1. The summed E-state index contributed by atoms with van der Waals surface area (Å²) in [7, 11) is 0. The molecule has 0 radical (unpaired) electrons. The van der Waals surface area contributed by atoms with E-state index < -0.39 is 22.3 Å². The molecule has 1 amide bonds. The molecule has 0 aliphatic heterocycles. The summed E-state index contributed by atoms with van der Waals surface area (Å²) in [5, 5.41) is 30.4. The summed E-state index contributed by atoms with van der Waals surface area (Å²) in [6.45, 7) is 1.59. The second-order valence-corrected chi connectivity index (χ2v) is 5.91. The summed E-state index contributed by atoms with van der Waals surface area (Å²) in [4.78, 5) is 34.1. The first-order valence-electron chi connectivity index (χ1n) is 7.57. The van der Waals surface area contributed by atoms with Gasteiger partial charge in [0.2, 0.25) is 0 Å². The van der Waals surface area contributed by atoms with Gasteiger partial charge in [0.1, 0.15) is 5.54 Å². The maximum Gasteiger partial charge on any atom is 0.329 e. The summed E-state index contributed by atoms with van der Waals surface area (Å²) in [5.74, 6) is -1.70. The van der Waals surface area contributed by atoms with Gasteiger partial charge in [-0.25, -0.2) is 9.48 Å². The number of nitrogens with one attached hydrogen (secondary N) is 1. The van der Waals surface area contributed by atoms with E-state index in [0.717, 1.165) is 6.42 Å². The van der Waals surface area contributed by atoms with E-state index >= 15 is 0 Å². The van der Waals surface area contributed by atoms with E-state index in [1.54, 1.807) is 13.0 Å². The largest absolute Gasteiger partial charge is 0.480 e. The molecule has 2 N–H and O–H groups in total. The molecule has 1 aliphatic rings. The van der Waals surface area contributed by atoms with Crippen LogP contribution in [0.3, 0.4) is 0 Å². The fourth-order valence-electron chi connectivity index (χ4n) is 2.72. The van der Waals surface area contributed by atoms with Crippen LogP contribution in [-0.4, -0.2) is 42.4 Å². The Hall–Kier alpha value is -3.30. The molecule has 0 spiro atoms. The number of carboxylic acid groups (broad SMARTS) is 1. The molecule has 1 aliphatic carbocycles. The van der Waals surface area contributed by atoms with Crippen molar-refractivity contribution >= 4 is 17.6 Å². The highest BCUT2D eigenvalue weighted by Crippen LogP contribution is 2.32. The average molecular weight is 345 g/mol. The minimum absolute atomic E-state index is 0.0148. The van der Waals surface area contributed by atoms with Gasteiger partial charge >= 0.3 is 5.97 Å². The minimum atomic E-state index is -1.25. The Balaban J connectivity index is 1.89. The average Bonchev–Trinajstić information content (AvgIpc) is 2.92. The monoisotopic (exact) mass is 345 g/mol. The maximum absolute atomic E-state index is 12.4. The Kier molecular flexibility index (Phi) is 3.95. The summed E-state index contributed by atoms with van der Waals surface area (Å²) in [6.07, 6.45) is 1.46. The summed E-state index contributed by atoms with van der Waals surface area (Å²) < 4.78 is 1.30. The zero-order valence-electron chi connectivity index (χ0n) is 13.3. The molecule has 130 valence electrons. The van der Waals surface area contributed by atoms with Crippen LogP contribution in [-0.2, 0) is 4.79 Å². The zero-order chi connectivity index (χ0) is 18.2. The Morgan fingerprint density at radius 2 is 2.12 bits per heavy atom. The highest BCUT2D eigenvalue weighted by atomic mass is 16.6. The smallest absolute Gasteiger partial charge is 0.329 e. The molecule has 2 aromatic rings. The van der Waals surface area contributed by atoms with Crippen LogP contribution in [0.25, 0.3) is 5.69 Å². The summed E-state index contributed by atoms with van der Waals surface area (Å²) >= 11 is 0. The van der Waals surface area contributed by atoms with E-state index in [-0.39, 0.29) is 11.4 Å². The second kappa shape index (κ2) is 5.96. The Morgan fingerprint density at radius 1 is 1.40 bits per heavy atom. The molecule has 1 aromatic carbocycles. The summed E-state index contributed by atoms with van der Waals surface area (Å²) in [5.41, 5.74) is -0.636. The third-order valence-electron chi connectivity index (χ3n) is 4.36. The molecule has 0 saturated heterocycles. The number of rotatable bonds is 5. The van der Waals surface area contributed by atoms with Crippen LogP contribution in [0, 0.1) is 17.0 Å². The maximum atomic E-state index is 12.4. The van der Waals surface area contributed by atoms with Crippen molar-refractivity contribution in [2.24, 2.45) is 0 Å². The molecular weight excluding hydrogens is 330 g/mol. The number of nitrogens with zero attached hydrogens (tertiary/aromatic N) is 4. The predicted molar refractivity (Wildman–Crippen MR) is 84.4 cm³/mol. The molecule has 10 nitrogen and oxygen atoms in total. The molecule has 25 heavy (non-hydrogen) atoms. The van der Waals surface area contributed by atoms with Crippen molar-refractivity contribution in [1.82, 2.24) is 20.3 Å². The molecule has 1 aromatic heterocycles. The van der Waals surface area contributed by atoms with Gasteiger partial charge in [0, 0.05) is 12.1 Å². The quantitative estimate of drug-likeness (QED) is 0.613. The van der Waals surface area contributed by atoms with Crippen LogP contribution >= 0.6 is 0 Å². The van der Waals surface area contributed by atoms with Gasteiger partial charge in [-0.15, -0.1) is 5.10 Å². The number of aliphatic carboxylic acids is 1. The zero-order valence-corrected chi connectivity index (χ0v) is 13.3. The molecule has 1 saturated carbocycles. The lowest BCUT2D eigenvalue weighted by Crippen LogP contribution is -2.59. The summed E-state index contributed by atoms with van der Waals surface area (Å²) in [6, 6.07) is 5.76. The number of benzene rings is 1. The van der Waals surface area contributed by atoms with Crippen molar-refractivity contribution in [1.29, 1.82) is 0 Å². The number of hydrogen-bond acceptors (Lipinski definition) is 6. The number of carbonyl (C=O) groups is 2. The number of carboxylic acids is 1. The van der Waals surface area contributed by atoms with Crippen LogP contribution in [0.4, 0.5) is 5.69 Å². The Morgan fingerprint density at radius 3 is 2.68 bits per heavy atom. The Labute approximate surface area is 141 Å². The van der Waals surface area contributed by atoms with Crippen LogP contribution < -0.4 is 5.32 Å². The lowest BCUT2D eigenvalue weighted by molar-refractivity contribution is -0.384. The minimum Gasteiger partial charge on any atom is -0.480 e. The van der Waals surface area contributed by atoms with E-state index in [2.05, 4.69) is 15.6 Å². The SMILES string of the molecule is Cc1c(C(=O)NC2(C(=O)O)CCC2)nnn1-c1cccc([N+](=O)[O-])c1. The first-order chi connectivity index (χ1) is 11.8. The van der Waals surface area contributed by atoms with E-state index in [1.807, 2.05) is 0 Å². The van der Waals surface area contributed by atoms with E-state index in [0.29, 0.717) is 24.2 Å². The molecule has 1 fully saturated rings. The van der Waals surface area contributed by atoms with Crippen molar-refractivity contribution in [3.8, 4) is 5.69 Å². The molecule has 0 unspecified atom stereocenters. The standard InChI is InChI=1S/C15H15N5O5/c1-9-12(13(21)16-15(14(22)23)6-3-7-15)17-18-19(9)10-4-2-5-11(8-10)20(24)25/h2,4-5,8H,3,6-7H2,1H3,(H,16,21)(H,22,23). The second-order valence-electron chi connectivity index (χ2n) is 5.91. The van der Waals surface area contributed by atoms with Gasteiger partial charge in [-0.2, -0.15) is 0 Å². The van der Waals surface area contributed by atoms with E-state index in [1.165, 1.54) is 22.9 Å². The first kappa shape index (κ1) is 16.6. The number of non-ortho nitro benzene ring substituents is 1. The number of carbonyl (C=O) groups excluding carboxylic acids is 1. The topological polar surface area (TPSA) is 140 Å². The van der Waals surface area contributed by atoms with Crippen LogP contribution in [0.5, 0.6) is 0 Å². The number of hydrogen-bond donors (Lipinski definition) is 2. The van der Waals surface area contributed by atoms with Gasteiger partial charge in [-0.1, -0.05) is 11.3 Å². The molecule has 0 bridgehead atoms. The van der Waals surface area contributed by atoms with E-state index in [9.17, 15) is 24.8 Å². The third kappa shape index (κ3) is 2.82. The number of amides is 1. The number of aromatic nitrogens is 3. The predicted octanol–water partition coefficient (Wildman–Crippen LogP) is 1.22. The van der Waals surface area contributed by atoms with Crippen LogP contribution in [0.2, 0.25) is 0 Å². The van der Waals surface area contributed by atoms with Crippen molar-refractivity contribution in [2.75, 3.05) is 0 Å². The van der Waals surface area contributed by atoms with Gasteiger partial charge < -0.3 is 10.4 Å². The molecular formula is C15H15N5O5. The third-order valence-corrected chi connectivity index (χ3v) is 4.36. The van der Waals surface area contributed by atoms with Gasteiger partial charge in [0.25, 0.3) is 11.6 Å². The lowest BCUT2D eigenvalue weighted by atomic mass is 9.76. The van der Waals surface area contributed by atoms with Crippen molar-refractivity contribution in [3.05, 3.63) is 45.8 Å². The normalized spacial score (nSPS) is 15.2. The van der Waals surface area contributed by atoms with Gasteiger partial charge in [-0.05, 0) is 32.3 Å². The van der Waals surface area contributed by atoms with Crippen molar-refractivity contribution in [3.63, 3.8) is 0 Å². The first-order valence-corrected chi connectivity index (χ1v) is 7.57. The molecule has 10 heteroatoms. The van der Waals surface area contributed by atoms with Gasteiger partial charge in [0.05, 0.1) is 16.3 Å². The van der Waals surface area contributed by atoms with E-state index in [4.69, 9.17) is 0 Å². The van der Waals surface area contributed by atoms with Crippen molar-refractivity contribution in [2.45, 2.75) is 31.7 Å². The lowest BCUT2D eigenvalue weighted by Gasteiger charge is -2.37. The fourth-order valence-corrected chi connectivity index (χ4v) is 2.72. The molecule has 3 rings (SSSR count). The van der Waals surface area contributed by atoms with Gasteiger partial charge in [0.15, 0.2) is 5.69 Å².